The van der Waals surface area contributed by atoms with Gasteiger partial charge in [0.2, 0.25) is 5.89 Å². The summed E-state index contributed by atoms with van der Waals surface area (Å²) in [6, 6.07) is 17.0. The fourth-order valence-electron chi connectivity index (χ4n) is 5.48. The van der Waals surface area contributed by atoms with Crippen molar-refractivity contribution in [1.82, 2.24) is 10.2 Å². The average molecular weight is 463 g/mol. The molecule has 0 spiro atoms. The third-order valence-corrected chi connectivity index (χ3v) is 7.35. The highest BCUT2D eigenvalue weighted by atomic mass is 16.6. The summed E-state index contributed by atoms with van der Waals surface area (Å²) in [5.41, 5.74) is 8.77. The van der Waals surface area contributed by atoms with Gasteiger partial charge < -0.3 is 20.4 Å². The van der Waals surface area contributed by atoms with E-state index in [1.54, 1.807) is 12.1 Å². The van der Waals surface area contributed by atoms with Gasteiger partial charge in [-0.3, -0.25) is 10.1 Å². The molecule has 0 bridgehead atoms. The first-order valence-electron chi connectivity index (χ1n) is 12.0. The van der Waals surface area contributed by atoms with Crippen molar-refractivity contribution in [1.29, 1.82) is 0 Å². The maximum Gasteiger partial charge on any atom is 0.316 e. The van der Waals surface area contributed by atoms with Crippen LogP contribution in [0.3, 0.4) is 0 Å². The van der Waals surface area contributed by atoms with Gasteiger partial charge in [-0.25, -0.2) is 0 Å². The molecule has 2 aromatic carbocycles. The van der Waals surface area contributed by atoms with Gasteiger partial charge in [-0.05, 0) is 55.9 Å². The summed E-state index contributed by atoms with van der Waals surface area (Å²) in [6.45, 7) is 1.75. The summed E-state index contributed by atoms with van der Waals surface area (Å²) < 4.78 is 5.92. The van der Waals surface area contributed by atoms with Crippen LogP contribution in [0.25, 0.3) is 11.5 Å². The van der Waals surface area contributed by atoms with Gasteiger partial charge in [0.05, 0.1) is 4.92 Å². The van der Waals surface area contributed by atoms with Crippen LogP contribution in [0.5, 0.6) is 0 Å². The van der Waals surface area contributed by atoms with E-state index in [-0.39, 0.29) is 22.6 Å². The number of hydrogen-bond donors (Lipinski definition) is 2. The number of aromatic nitrogens is 2. The number of non-ortho nitro benzene ring substituents is 1. The second-order valence-electron chi connectivity index (χ2n) is 9.39. The van der Waals surface area contributed by atoms with Crippen LogP contribution in [-0.4, -0.2) is 39.8 Å². The van der Waals surface area contributed by atoms with E-state index in [9.17, 15) is 10.1 Å². The number of nitrogens with one attached hydrogen (secondary N) is 1. The molecule has 9 heteroatoms. The fraction of sp³-hybridized carbons (Fsp3) is 0.440. The number of benzene rings is 2. The summed E-state index contributed by atoms with van der Waals surface area (Å²) in [5, 5.41) is 22.9. The van der Waals surface area contributed by atoms with Gasteiger partial charge in [-0.2, -0.15) is 0 Å². The van der Waals surface area contributed by atoms with Crippen molar-refractivity contribution in [3.63, 3.8) is 0 Å². The first-order valence-corrected chi connectivity index (χ1v) is 12.0. The molecule has 0 amide bonds. The molecule has 1 aromatic heterocycles. The molecule has 34 heavy (non-hydrogen) atoms. The Kier molecular flexibility index (Phi) is 6.19. The highest BCUT2D eigenvalue weighted by Crippen LogP contribution is 2.39. The van der Waals surface area contributed by atoms with Crippen molar-refractivity contribution in [3.8, 4) is 11.5 Å². The summed E-state index contributed by atoms with van der Waals surface area (Å²) >= 11 is 0. The molecular weight excluding hydrogens is 432 g/mol. The lowest BCUT2D eigenvalue weighted by Crippen LogP contribution is -2.63. The average Bonchev–Trinajstić information content (AvgIpc) is 3.35. The second-order valence-corrected chi connectivity index (χ2v) is 9.39. The lowest BCUT2D eigenvalue weighted by molar-refractivity contribution is -0.384. The maximum atomic E-state index is 11.0. The predicted octanol–water partition coefficient (Wildman–Crippen LogP) is 4.61. The Balaban J connectivity index is 1.32. The molecule has 178 valence electrons. The van der Waals surface area contributed by atoms with Crippen molar-refractivity contribution >= 4 is 17.4 Å². The van der Waals surface area contributed by atoms with Crippen molar-refractivity contribution in [3.05, 3.63) is 64.7 Å². The smallest absolute Gasteiger partial charge is 0.316 e. The molecule has 5 rings (SSSR count). The van der Waals surface area contributed by atoms with E-state index in [1.807, 2.05) is 42.5 Å². The highest BCUT2D eigenvalue weighted by molar-refractivity contribution is 5.53. The number of nitrogens with two attached hydrogens (primary N) is 1. The van der Waals surface area contributed by atoms with Crippen LogP contribution in [-0.2, 0) is 0 Å². The molecule has 2 unspecified atom stereocenters. The minimum absolute atomic E-state index is 0.0344. The highest BCUT2D eigenvalue weighted by Gasteiger charge is 2.45. The van der Waals surface area contributed by atoms with Crippen LogP contribution >= 0.6 is 0 Å². The standard InChI is InChI=1S/C25H30N6O3/c26-25(19-9-6-16-30(17-19)20-11-13-21(14-12-20)31(32)33)15-5-4-10-22(25)27-24-29-28-23(34-24)18-7-2-1-3-8-18/h1-3,7-8,11-14,19,22H,4-6,9-10,15-17,26H2,(H,27,29)/t19?,22?,25-/m0/s1. The minimum Gasteiger partial charge on any atom is -0.403 e. The summed E-state index contributed by atoms with van der Waals surface area (Å²) in [5.74, 6) is 0.773. The molecule has 3 aromatic rings. The number of anilines is 2. The summed E-state index contributed by atoms with van der Waals surface area (Å²) in [4.78, 5) is 12.9. The van der Waals surface area contributed by atoms with E-state index in [1.165, 1.54) is 0 Å². The molecular formula is C25H30N6O3. The zero-order valence-electron chi connectivity index (χ0n) is 19.1. The third-order valence-electron chi connectivity index (χ3n) is 7.35. The van der Waals surface area contributed by atoms with Crippen molar-refractivity contribution in [2.45, 2.75) is 50.1 Å². The Morgan fingerprint density at radius 1 is 1.06 bits per heavy atom. The largest absolute Gasteiger partial charge is 0.403 e. The Hall–Kier alpha value is -3.46. The van der Waals surface area contributed by atoms with Gasteiger partial charge in [0.1, 0.15) is 0 Å². The molecule has 9 nitrogen and oxygen atoms in total. The molecule has 2 aliphatic rings. The van der Waals surface area contributed by atoms with Gasteiger partial charge in [-0.15, -0.1) is 5.10 Å². The van der Waals surface area contributed by atoms with Crippen molar-refractivity contribution in [2.24, 2.45) is 11.7 Å². The van der Waals surface area contributed by atoms with E-state index in [0.29, 0.717) is 11.9 Å². The lowest BCUT2D eigenvalue weighted by Gasteiger charge is -2.50. The molecule has 1 saturated carbocycles. The van der Waals surface area contributed by atoms with Crippen LogP contribution in [0.2, 0.25) is 0 Å². The van der Waals surface area contributed by atoms with Gasteiger partial charge in [0.15, 0.2) is 0 Å². The van der Waals surface area contributed by atoms with Gasteiger partial charge in [0, 0.05) is 48.1 Å². The Morgan fingerprint density at radius 3 is 2.62 bits per heavy atom. The molecule has 3 atom stereocenters. The molecule has 0 radical (unpaired) electrons. The maximum absolute atomic E-state index is 11.0. The molecule has 1 saturated heterocycles. The van der Waals surface area contributed by atoms with Crippen LogP contribution in [0.1, 0.15) is 38.5 Å². The SMILES string of the molecule is N[C@]1(C2CCCN(c3ccc([N+](=O)[O-])cc3)C2)CCCCC1Nc1nnc(-c2ccccc2)o1. The van der Waals surface area contributed by atoms with Gasteiger partial charge in [-0.1, -0.05) is 36.1 Å². The topological polar surface area (TPSA) is 123 Å². The van der Waals surface area contributed by atoms with E-state index in [2.05, 4.69) is 20.4 Å². The Morgan fingerprint density at radius 2 is 1.85 bits per heavy atom. The van der Waals surface area contributed by atoms with Gasteiger partial charge in [0.25, 0.3) is 5.69 Å². The molecule has 3 N–H and O–H groups in total. The van der Waals surface area contributed by atoms with Crippen LogP contribution in [0, 0.1) is 16.0 Å². The number of nitro benzene ring substituents is 1. The van der Waals surface area contributed by atoms with E-state index in [4.69, 9.17) is 10.2 Å². The number of nitro groups is 1. The minimum atomic E-state index is -0.404. The molecule has 2 fully saturated rings. The normalized spacial score (nSPS) is 25.1. The number of piperidine rings is 1. The zero-order chi connectivity index (χ0) is 23.5. The monoisotopic (exact) mass is 462 g/mol. The number of hydrogen-bond acceptors (Lipinski definition) is 8. The van der Waals surface area contributed by atoms with Gasteiger partial charge >= 0.3 is 6.01 Å². The number of nitrogens with zero attached hydrogens (tertiary/aromatic N) is 4. The van der Waals surface area contributed by atoms with Crippen molar-refractivity contribution in [2.75, 3.05) is 23.3 Å². The van der Waals surface area contributed by atoms with Crippen LogP contribution in [0.15, 0.2) is 59.0 Å². The quantitative estimate of drug-likeness (QED) is 0.402. The molecule has 2 heterocycles. The lowest BCUT2D eigenvalue weighted by atomic mass is 9.67. The molecule has 1 aliphatic heterocycles. The van der Waals surface area contributed by atoms with Crippen LogP contribution < -0.4 is 16.0 Å². The number of rotatable bonds is 6. The van der Waals surface area contributed by atoms with E-state index < -0.39 is 5.54 Å². The first-order chi connectivity index (χ1) is 16.5. The molecule has 1 aliphatic carbocycles. The van der Waals surface area contributed by atoms with E-state index >= 15 is 0 Å². The summed E-state index contributed by atoms with van der Waals surface area (Å²) in [6.07, 6.45) is 6.18. The van der Waals surface area contributed by atoms with Crippen LogP contribution in [0.4, 0.5) is 17.4 Å². The Labute approximate surface area is 198 Å². The summed E-state index contributed by atoms with van der Waals surface area (Å²) in [7, 11) is 0. The van der Waals surface area contributed by atoms with Crippen molar-refractivity contribution < 1.29 is 9.34 Å². The third kappa shape index (κ3) is 4.48. The fourth-order valence-corrected chi connectivity index (χ4v) is 5.48. The zero-order valence-corrected chi connectivity index (χ0v) is 19.1. The first kappa shape index (κ1) is 22.3. The second kappa shape index (κ2) is 9.42. The Bertz CT molecular complexity index is 1120. The van der Waals surface area contributed by atoms with E-state index in [0.717, 1.165) is 62.9 Å². The predicted molar refractivity (Wildman–Crippen MR) is 131 cm³/mol.